The third-order valence-electron chi connectivity index (χ3n) is 2.76. The lowest BCUT2D eigenvalue weighted by molar-refractivity contribution is 0.102. The maximum absolute atomic E-state index is 12.2. The first-order valence-electron chi connectivity index (χ1n) is 5.73. The normalized spacial score (nSPS) is 10.7. The van der Waals surface area contributed by atoms with Gasteiger partial charge in [-0.1, -0.05) is 12.1 Å². The molecule has 0 spiro atoms. The lowest BCUT2D eigenvalue weighted by Crippen LogP contribution is -2.11. The number of hydrogen-bond donors (Lipinski definition) is 1. The van der Waals surface area contributed by atoms with Crippen LogP contribution in [0.15, 0.2) is 46.4 Å². The van der Waals surface area contributed by atoms with Crippen LogP contribution in [0.1, 0.15) is 10.4 Å². The van der Waals surface area contributed by atoms with Crippen LogP contribution in [0.2, 0.25) is 0 Å². The summed E-state index contributed by atoms with van der Waals surface area (Å²) in [6.45, 7) is 0. The molecule has 100 valence electrons. The second-order valence-electron chi connectivity index (χ2n) is 4.12. The van der Waals surface area contributed by atoms with Crippen molar-refractivity contribution in [3.8, 4) is 0 Å². The first kappa shape index (κ1) is 14.0. The lowest BCUT2D eigenvalue weighted by Gasteiger charge is -2.07. The number of amides is 1. The minimum absolute atomic E-state index is 0.110. The Hall–Kier alpha value is -0.990. The van der Waals surface area contributed by atoms with Crippen molar-refractivity contribution in [3.05, 3.63) is 54.8 Å². The fourth-order valence-corrected chi connectivity index (χ4v) is 3.53. The number of halogens is 2. The molecule has 0 fully saturated rings. The highest BCUT2D eigenvalue weighted by atomic mass is 127. The fourth-order valence-electron chi connectivity index (χ4n) is 1.86. The summed E-state index contributed by atoms with van der Waals surface area (Å²) in [6.07, 6.45) is 1.73. The first-order valence-corrected chi connectivity index (χ1v) is 8.48. The van der Waals surface area contributed by atoms with Gasteiger partial charge in [0.25, 0.3) is 5.91 Å². The van der Waals surface area contributed by atoms with E-state index >= 15 is 0 Å². The quantitative estimate of drug-likeness (QED) is 0.554. The van der Waals surface area contributed by atoms with Gasteiger partial charge in [-0.05, 0) is 56.7 Å². The molecule has 6 heteroatoms. The minimum Gasteiger partial charge on any atom is -0.320 e. The van der Waals surface area contributed by atoms with Crippen molar-refractivity contribution < 1.29 is 4.79 Å². The topological polar surface area (TPSA) is 42.0 Å². The number of hydrogen-bond acceptors (Lipinski definition) is 3. The van der Waals surface area contributed by atoms with Gasteiger partial charge in [-0.15, -0.1) is 11.3 Å². The van der Waals surface area contributed by atoms with Gasteiger partial charge in [0.05, 0.1) is 19.7 Å². The summed E-state index contributed by atoms with van der Waals surface area (Å²) < 4.78 is 2.01. The Kier molecular flexibility index (Phi) is 4.04. The smallest absolute Gasteiger partial charge is 0.256 e. The van der Waals surface area contributed by atoms with Crippen LogP contribution < -0.4 is 5.32 Å². The Balaban J connectivity index is 1.97. The van der Waals surface area contributed by atoms with Gasteiger partial charge in [0, 0.05) is 21.4 Å². The van der Waals surface area contributed by atoms with Crippen LogP contribution in [0.3, 0.4) is 0 Å². The van der Waals surface area contributed by atoms with Gasteiger partial charge in [0.15, 0.2) is 0 Å². The molecule has 1 amide bonds. The zero-order valence-electron chi connectivity index (χ0n) is 10.1. The minimum atomic E-state index is -0.110. The summed E-state index contributed by atoms with van der Waals surface area (Å²) in [5, 5.41) is 5.76. The number of anilines is 1. The number of para-hydroxylation sites is 1. The van der Waals surface area contributed by atoms with E-state index < -0.39 is 0 Å². The lowest BCUT2D eigenvalue weighted by atomic mass is 10.2. The van der Waals surface area contributed by atoms with Crippen LogP contribution in [-0.4, -0.2) is 10.9 Å². The predicted octanol–water partition coefficient (Wildman–Crippen LogP) is 4.92. The number of nitrogens with zero attached hydrogens (tertiary/aromatic N) is 1. The van der Waals surface area contributed by atoms with Crippen molar-refractivity contribution in [2.45, 2.75) is 0 Å². The molecular weight excluding hydrogens is 451 g/mol. The van der Waals surface area contributed by atoms with Crippen molar-refractivity contribution in [1.82, 2.24) is 4.98 Å². The molecule has 1 aromatic carbocycles. The van der Waals surface area contributed by atoms with Crippen molar-refractivity contribution >= 4 is 72.4 Å². The molecule has 0 bridgehead atoms. The molecule has 3 rings (SSSR count). The highest BCUT2D eigenvalue weighted by Crippen LogP contribution is 2.25. The Morgan fingerprint density at radius 2 is 2.20 bits per heavy atom. The first-order chi connectivity index (χ1) is 9.63. The molecule has 0 radical (unpaired) electrons. The zero-order valence-corrected chi connectivity index (χ0v) is 14.6. The number of carbonyl (C=O) groups excluding carboxylic acids is 1. The molecule has 2 aromatic heterocycles. The molecule has 0 aliphatic carbocycles. The Morgan fingerprint density at radius 1 is 1.35 bits per heavy atom. The largest absolute Gasteiger partial charge is 0.320 e. The SMILES string of the molecule is O=C(Nc1cccc2cc(Br)cnc12)c1csc(I)c1. The molecule has 0 aliphatic rings. The summed E-state index contributed by atoms with van der Waals surface area (Å²) in [4.78, 5) is 16.6. The molecule has 0 saturated heterocycles. The standard InChI is InChI=1S/C14H8BrIN2OS/c15-10-4-8-2-1-3-11(13(8)17-6-10)18-14(19)9-5-12(16)20-7-9/h1-7H,(H,18,19). The predicted molar refractivity (Wildman–Crippen MR) is 94.4 cm³/mol. The molecule has 20 heavy (non-hydrogen) atoms. The summed E-state index contributed by atoms with van der Waals surface area (Å²) in [5.74, 6) is -0.110. The third-order valence-corrected chi connectivity index (χ3v) is 4.98. The Bertz CT molecular complexity index is 803. The van der Waals surface area contributed by atoms with Crippen molar-refractivity contribution in [1.29, 1.82) is 0 Å². The van der Waals surface area contributed by atoms with Gasteiger partial charge in [-0.25, -0.2) is 0 Å². The van der Waals surface area contributed by atoms with E-state index in [4.69, 9.17) is 0 Å². The molecule has 2 heterocycles. The number of aromatic nitrogens is 1. The van der Waals surface area contributed by atoms with Gasteiger partial charge < -0.3 is 5.32 Å². The van der Waals surface area contributed by atoms with Crippen LogP contribution in [0, 0.1) is 2.88 Å². The maximum atomic E-state index is 12.2. The average Bonchev–Trinajstić information content (AvgIpc) is 2.85. The zero-order chi connectivity index (χ0) is 14.1. The maximum Gasteiger partial charge on any atom is 0.256 e. The number of fused-ring (bicyclic) bond motifs is 1. The van der Waals surface area contributed by atoms with Crippen molar-refractivity contribution in [2.24, 2.45) is 0 Å². The van der Waals surface area contributed by atoms with Crippen molar-refractivity contribution in [3.63, 3.8) is 0 Å². The summed E-state index contributed by atoms with van der Waals surface area (Å²) in [6, 6.07) is 9.58. The molecule has 3 aromatic rings. The number of nitrogens with one attached hydrogen (secondary N) is 1. The van der Waals surface area contributed by atoms with E-state index in [1.54, 1.807) is 17.5 Å². The van der Waals surface area contributed by atoms with Crippen LogP contribution in [0.5, 0.6) is 0 Å². The molecule has 1 N–H and O–H groups in total. The van der Waals surface area contributed by atoms with Crippen LogP contribution in [0.25, 0.3) is 10.9 Å². The highest BCUT2D eigenvalue weighted by molar-refractivity contribution is 14.1. The molecule has 0 saturated carbocycles. The van der Waals surface area contributed by atoms with E-state index in [0.717, 1.165) is 23.9 Å². The fraction of sp³-hybridized carbons (Fsp3) is 0. The molecule has 0 aliphatic heterocycles. The molecule has 0 atom stereocenters. The monoisotopic (exact) mass is 458 g/mol. The van der Waals surface area contributed by atoms with E-state index in [1.165, 1.54) is 0 Å². The Morgan fingerprint density at radius 3 is 2.95 bits per heavy atom. The van der Waals surface area contributed by atoms with Gasteiger partial charge in [0.1, 0.15) is 0 Å². The van der Waals surface area contributed by atoms with Gasteiger partial charge in [-0.2, -0.15) is 0 Å². The second-order valence-corrected chi connectivity index (χ2v) is 7.85. The number of pyridine rings is 1. The molecule has 3 nitrogen and oxygen atoms in total. The summed E-state index contributed by atoms with van der Waals surface area (Å²) >= 11 is 7.15. The number of thiophene rings is 1. The van der Waals surface area contributed by atoms with Gasteiger partial charge in [0.2, 0.25) is 0 Å². The van der Waals surface area contributed by atoms with Gasteiger partial charge >= 0.3 is 0 Å². The van der Waals surface area contributed by atoms with Crippen LogP contribution in [0.4, 0.5) is 5.69 Å². The number of rotatable bonds is 2. The van der Waals surface area contributed by atoms with E-state index in [-0.39, 0.29) is 5.91 Å². The number of benzene rings is 1. The molecular formula is C14H8BrIN2OS. The van der Waals surface area contributed by atoms with Gasteiger partial charge in [-0.3, -0.25) is 9.78 Å². The van der Waals surface area contributed by atoms with E-state index in [1.807, 2.05) is 35.7 Å². The highest BCUT2D eigenvalue weighted by Gasteiger charge is 2.10. The third kappa shape index (κ3) is 2.87. The van der Waals surface area contributed by atoms with E-state index in [9.17, 15) is 4.79 Å². The second kappa shape index (κ2) is 5.79. The summed E-state index contributed by atoms with van der Waals surface area (Å²) in [7, 11) is 0. The van der Waals surface area contributed by atoms with Crippen molar-refractivity contribution in [2.75, 3.05) is 5.32 Å². The average molecular weight is 459 g/mol. The molecule has 0 unspecified atom stereocenters. The van der Waals surface area contributed by atoms with Crippen LogP contribution >= 0.6 is 49.9 Å². The summed E-state index contributed by atoms with van der Waals surface area (Å²) in [5.41, 5.74) is 2.18. The van der Waals surface area contributed by atoms with E-state index in [2.05, 4.69) is 48.8 Å². The Labute approximate surface area is 141 Å². The van der Waals surface area contributed by atoms with E-state index in [0.29, 0.717) is 5.56 Å². The van der Waals surface area contributed by atoms with Crippen LogP contribution in [-0.2, 0) is 0 Å². The number of carbonyl (C=O) groups is 1.